The first-order valence-electron chi connectivity index (χ1n) is 7.14. The summed E-state index contributed by atoms with van der Waals surface area (Å²) in [7, 11) is 0. The molecule has 0 bridgehead atoms. The van der Waals surface area contributed by atoms with Crippen molar-refractivity contribution in [3.8, 4) is 0 Å². The standard InChI is InChI=1S/C16H33/c1-8-9-10-11-16(6,7)15(14(4)5)12-13(2)3/h13-15H,2,8-12H2,1,3-7H3. The molecule has 0 aliphatic heterocycles. The van der Waals surface area contributed by atoms with Gasteiger partial charge in [-0.15, -0.1) is 0 Å². The average molecular weight is 225 g/mol. The molecule has 16 heavy (non-hydrogen) atoms. The molecule has 0 rings (SSSR count). The highest BCUT2D eigenvalue weighted by molar-refractivity contribution is 4.82. The molecule has 0 N–H and O–H groups in total. The molecule has 1 radical (unpaired) electrons. The van der Waals surface area contributed by atoms with Crippen molar-refractivity contribution in [1.29, 1.82) is 0 Å². The van der Waals surface area contributed by atoms with Crippen LogP contribution in [0.2, 0.25) is 0 Å². The first-order valence-corrected chi connectivity index (χ1v) is 7.14. The van der Waals surface area contributed by atoms with E-state index in [0.29, 0.717) is 11.3 Å². The lowest BCUT2D eigenvalue weighted by atomic mass is 9.67. The molecule has 0 spiro atoms. The van der Waals surface area contributed by atoms with Crippen LogP contribution in [0.15, 0.2) is 0 Å². The van der Waals surface area contributed by atoms with Crippen LogP contribution < -0.4 is 0 Å². The van der Waals surface area contributed by atoms with E-state index in [1.54, 1.807) is 0 Å². The molecule has 0 aromatic carbocycles. The lowest BCUT2D eigenvalue weighted by molar-refractivity contribution is 0.119. The van der Waals surface area contributed by atoms with Gasteiger partial charge in [0, 0.05) is 0 Å². The van der Waals surface area contributed by atoms with Gasteiger partial charge in [0.1, 0.15) is 0 Å². The molecule has 0 aliphatic rings. The molecule has 97 valence electrons. The molecule has 0 heterocycles. The van der Waals surface area contributed by atoms with Crippen LogP contribution >= 0.6 is 0 Å². The lowest BCUT2D eigenvalue weighted by Crippen LogP contribution is -2.29. The third-order valence-electron chi connectivity index (χ3n) is 3.89. The van der Waals surface area contributed by atoms with E-state index in [-0.39, 0.29) is 0 Å². The van der Waals surface area contributed by atoms with Crippen molar-refractivity contribution in [3.63, 3.8) is 0 Å². The molecule has 0 aromatic rings. The maximum atomic E-state index is 4.17. The maximum Gasteiger partial charge on any atom is -0.0323 e. The minimum atomic E-state index is 0.481. The first-order chi connectivity index (χ1) is 7.31. The van der Waals surface area contributed by atoms with Gasteiger partial charge in [-0.1, -0.05) is 67.7 Å². The summed E-state index contributed by atoms with van der Waals surface area (Å²) in [5, 5.41) is 0. The monoisotopic (exact) mass is 225 g/mol. The van der Waals surface area contributed by atoms with Gasteiger partial charge in [-0.3, -0.25) is 0 Å². The SMILES string of the molecule is [CH2]C(C)CC(C(C)C)C(C)(C)CCCCC. The first kappa shape index (κ1) is 16.0. The molecule has 0 heteroatoms. The van der Waals surface area contributed by atoms with E-state index in [4.69, 9.17) is 0 Å². The maximum absolute atomic E-state index is 4.17. The zero-order valence-electron chi connectivity index (χ0n) is 12.5. The van der Waals surface area contributed by atoms with E-state index >= 15 is 0 Å². The van der Waals surface area contributed by atoms with E-state index in [9.17, 15) is 0 Å². The van der Waals surface area contributed by atoms with Crippen LogP contribution in [-0.2, 0) is 0 Å². The highest BCUT2D eigenvalue weighted by atomic mass is 14.4. The van der Waals surface area contributed by atoms with Gasteiger partial charge in [0.25, 0.3) is 0 Å². The third-order valence-corrected chi connectivity index (χ3v) is 3.89. The fraction of sp³-hybridized carbons (Fsp3) is 0.938. The number of hydrogen-bond acceptors (Lipinski definition) is 0. The molecular weight excluding hydrogens is 192 g/mol. The van der Waals surface area contributed by atoms with Gasteiger partial charge in [0.2, 0.25) is 0 Å². The van der Waals surface area contributed by atoms with Crippen LogP contribution in [0.5, 0.6) is 0 Å². The molecule has 0 fully saturated rings. The Morgan fingerprint density at radius 2 is 1.62 bits per heavy atom. The van der Waals surface area contributed by atoms with Gasteiger partial charge in [0.15, 0.2) is 0 Å². The summed E-state index contributed by atoms with van der Waals surface area (Å²) in [6, 6.07) is 0. The summed E-state index contributed by atoms with van der Waals surface area (Å²) < 4.78 is 0. The van der Waals surface area contributed by atoms with E-state index < -0.39 is 0 Å². The average Bonchev–Trinajstić information content (AvgIpc) is 2.13. The minimum Gasteiger partial charge on any atom is -0.0654 e. The Morgan fingerprint density at radius 1 is 1.06 bits per heavy atom. The van der Waals surface area contributed by atoms with Crippen molar-refractivity contribution in [2.75, 3.05) is 0 Å². The summed E-state index contributed by atoms with van der Waals surface area (Å²) in [4.78, 5) is 0. The third kappa shape index (κ3) is 5.92. The summed E-state index contributed by atoms with van der Waals surface area (Å²) >= 11 is 0. The van der Waals surface area contributed by atoms with Crippen molar-refractivity contribution in [2.24, 2.45) is 23.2 Å². The fourth-order valence-corrected chi connectivity index (χ4v) is 2.94. The molecule has 0 saturated heterocycles. The highest BCUT2D eigenvalue weighted by Gasteiger charge is 2.31. The van der Waals surface area contributed by atoms with Gasteiger partial charge in [-0.2, -0.15) is 0 Å². The second kappa shape index (κ2) is 7.35. The van der Waals surface area contributed by atoms with Crippen molar-refractivity contribution in [3.05, 3.63) is 6.92 Å². The molecule has 0 nitrogen and oxygen atoms in total. The second-order valence-electron chi connectivity index (χ2n) is 6.64. The molecule has 0 aromatic heterocycles. The van der Waals surface area contributed by atoms with E-state index in [1.165, 1.54) is 32.1 Å². The van der Waals surface area contributed by atoms with Gasteiger partial charge in [0.05, 0.1) is 0 Å². The molecule has 0 aliphatic carbocycles. The summed E-state index contributed by atoms with van der Waals surface area (Å²) in [6.45, 7) is 18.3. The molecule has 2 atom stereocenters. The van der Waals surface area contributed by atoms with Crippen LogP contribution in [0.3, 0.4) is 0 Å². The van der Waals surface area contributed by atoms with Crippen LogP contribution in [0, 0.1) is 30.1 Å². The smallest absolute Gasteiger partial charge is 0.0323 e. The van der Waals surface area contributed by atoms with Crippen molar-refractivity contribution >= 4 is 0 Å². The quantitative estimate of drug-likeness (QED) is 0.463. The second-order valence-corrected chi connectivity index (χ2v) is 6.64. The van der Waals surface area contributed by atoms with Crippen molar-refractivity contribution in [1.82, 2.24) is 0 Å². The summed E-state index contributed by atoms with van der Waals surface area (Å²) in [6.07, 6.45) is 6.74. The van der Waals surface area contributed by atoms with Crippen LogP contribution in [0.25, 0.3) is 0 Å². The molecule has 0 saturated carbocycles. The van der Waals surface area contributed by atoms with Crippen LogP contribution in [-0.4, -0.2) is 0 Å². The Labute approximate surface area is 104 Å². The van der Waals surface area contributed by atoms with Gasteiger partial charge >= 0.3 is 0 Å². The molecule has 0 amide bonds. The van der Waals surface area contributed by atoms with Crippen LogP contribution in [0.4, 0.5) is 0 Å². The Bertz CT molecular complexity index is 165. The van der Waals surface area contributed by atoms with Crippen molar-refractivity contribution in [2.45, 2.75) is 73.6 Å². The minimum absolute atomic E-state index is 0.481. The Kier molecular flexibility index (Phi) is 7.35. The van der Waals surface area contributed by atoms with Crippen LogP contribution in [0.1, 0.15) is 73.6 Å². The predicted octanol–water partition coefficient (Wildman–Crippen LogP) is 5.73. The van der Waals surface area contributed by atoms with Gasteiger partial charge < -0.3 is 0 Å². The van der Waals surface area contributed by atoms with E-state index in [0.717, 1.165) is 11.8 Å². The number of hydrogen-bond donors (Lipinski definition) is 0. The highest BCUT2D eigenvalue weighted by Crippen LogP contribution is 2.40. The normalized spacial score (nSPS) is 14.8. The Balaban J connectivity index is 4.37. The topological polar surface area (TPSA) is 0 Å². The number of rotatable bonds is 8. The summed E-state index contributed by atoms with van der Waals surface area (Å²) in [5.74, 6) is 2.18. The number of unbranched alkanes of at least 4 members (excludes halogenated alkanes) is 2. The summed E-state index contributed by atoms with van der Waals surface area (Å²) in [5.41, 5.74) is 0.481. The largest absolute Gasteiger partial charge is 0.0654 e. The fourth-order valence-electron chi connectivity index (χ4n) is 2.94. The zero-order valence-corrected chi connectivity index (χ0v) is 12.5. The Morgan fingerprint density at radius 3 is 2.00 bits per heavy atom. The van der Waals surface area contributed by atoms with Gasteiger partial charge in [-0.05, 0) is 36.0 Å². The molecular formula is C16H33. The Hall–Kier alpha value is 0. The predicted molar refractivity (Wildman–Crippen MR) is 75.4 cm³/mol. The van der Waals surface area contributed by atoms with Crippen molar-refractivity contribution < 1.29 is 0 Å². The van der Waals surface area contributed by atoms with E-state index in [2.05, 4.69) is 48.5 Å². The van der Waals surface area contributed by atoms with Gasteiger partial charge in [-0.25, -0.2) is 0 Å². The zero-order chi connectivity index (χ0) is 12.8. The lowest BCUT2D eigenvalue weighted by Gasteiger charge is -2.38. The molecule has 2 unspecified atom stereocenters. The van der Waals surface area contributed by atoms with E-state index in [1.807, 2.05) is 0 Å².